The molecule has 3 nitrogen and oxygen atoms in total. The first-order chi connectivity index (χ1) is 10.2. The summed E-state index contributed by atoms with van der Waals surface area (Å²) < 4.78 is 38.3. The molecule has 0 fully saturated rings. The van der Waals surface area contributed by atoms with E-state index in [-0.39, 0.29) is 17.0 Å². The number of rotatable bonds is 2. The van der Waals surface area contributed by atoms with Crippen LogP contribution in [0.4, 0.5) is 18.9 Å². The van der Waals surface area contributed by atoms with Gasteiger partial charge in [-0.05, 0) is 30.7 Å². The molecular weight excluding hydrogens is 319 g/mol. The number of amides is 1. The van der Waals surface area contributed by atoms with Gasteiger partial charge >= 0.3 is 6.18 Å². The molecule has 0 aliphatic rings. The van der Waals surface area contributed by atoms with Crippen molar-refractivity contribution < 1.29 is 23.1 Å². The van der Waals surface area contributed by atoms with Crippen molar-refractivity contribution in [3.63, 3.8) is 0 Å². The Labute approximate surface area is 129 Å². The summed E-state index contributed by atoms with van der Waals surface area (Å²) in [4.78, 5) is 12.1. The first-order valence-corrected chi connectivity index (χ1v) is 6.54. The molecular formula is C15H11ClF3NO2. The Morgan fingerprint density at radius 1 is 1.23 bits per heavy atom. The lowest BCUT2D eigenvalue weighted by Crippen LogP contribution is -2.15. The van der Waals surface area contributed by atoms with Crippen LogP contribution < -0.4 is 5.32 Å². The van der Waals surface area contributed by atoms with Crippen LogP contribution in [0.25, 0.3) is 0 Å². The minimum atomic E-state index is -4.64. The number of benzene rings is 2. The number of anilines is 1. The summed E-state index contributed by atoms with van der Waals surface area (Å²) in [6.07, 6.45) is -4.64. The zero-order valence-electron chi connectivity index (χ0n) is 11.3. The summed E-state index contributed by atoms with van der Waals surface area (Å²) >= 11 is 5.68. The Morgan fingerprint density at radius 2 is 1.91 bits per heavy atom. The maximum atomic E-state index is 12.8. The molecule has 0 saturated carbocycles. The van der Waals surface area contributed by atoms with Crippen molar-refractivity contribution in [3.8, 4) is 5.75 Å². The molecule has 0 spiro atoms. The third-order valence-electron chi connectivity index (χ3n) is 3.02. The first kappa shape index (κ1) is 16.2. The molecule has 0 bridgehead atoms. The Hall–Kier alpha value is -2.21. The van der Waals surface area contributed by atoms with Crippen molar-refractivity contribution in [1.82, 2.24) is 0 Å². The van der Waals surface area contributed by atoms with Crippen molar-refractivity contribution in [2.24, 2.45) is 0 Å². The quantitative estimate of drug-likeness (QED) is 0.844. The second-order valence-corrected chi connectivity index (χ2v) is 5.00. The summed E-state index contributed by atoms with van der Waals surface area (Å²) in [6.45, 7) is 1.67. The minimum absolute atomic E-state index is 0.0343. The molecule has 0 saturated heterocycles. The van der Waals surface area contributed by atoms with Crippen LogP contribution in [0.5, 0.6) is 5.75 Å². The fourth-order valence-corrected chi connectivity index (χ4v) is 2.13. The van der Waals surface area contributed by atoms with Gasteiger partial charge in [-0.3, -0.25) is 4.79 Å². The monoisotopic (exact) mass is 329 g/mol. The lowest BCUT2D eigenvalue weighted by molar-refractivity contribution is -0.137. The highest BCUT2D eigenvalue weighted by molar-refractivity contribution is 6.35. The largest absolute Gasteiger partial charge is 0.508 e. The average molecular weight is 330 g/mol. The standard InChI is InChI=1S/C15H11ClF3NO2/c1-8-5-6-9(7-12(8)21)20-14(22)10-3-2-4-11(13(10)16)15(17,18)19/h2-7,21H,1H3,(H,20,22). The van der Waals surface area contributed by atoms with E-state index in [0.29, 0.717) is 5.56 Å². The number of nitrogens with one attached hydrogen (secondary N) is 1. The van der Waals surface area contributed by atoms with Gasteiger partial charge in [-0.25, -0.2) is 0 Å². The van der Waals surface area contributed by atoms with Crippen LogP contribution in [0, 0.1) is 6.92 Å². The number of halogens is 4. The summed E-state index contributed by atoms with van der Waals surface area (Å²) in [5, 5.41) is 11.3. The van der Waals surface area contributed by atoms with E-state index in [2.05, 4.69) is 5.32 Å². The highest BCUT2D eigenvalue weighted by Gasteiger charge is 2.34. The van der Waals surface area contributed by atoms with Gasteiger partial charge in [0, 0.05) is 11.8 Å². The fraction of sp³-hybridized carbons (Fsp3) is 0.133. The zero-order valence-corrected chi connectivity index (χ0v) is 12.1. The summed E-state index contributed by atoms with van der Waals surface area (Å²) in [7, 11) is 0. The molecule has 2 aromatic rings. The van der Waals surface area contributed by atoms with Crippen LogP contribution >= 0.6 is 11.6 Å². The molecule has 0 heterocycles. The zero-order chi connectivity index (χ0) is 16.5. The van der Waals surface area contributed by atoms with Crippen LogP contribution in [0.15, 0.2) is 36.4 Å². The molecule has 2 aromatic carbocycles. The van der Waals surface area contributed by atoms with Crippen LogP contribution in [-0.2, 0) is 6.18 Å². The molecule has 116 valence electrons. The topological polar surface area (TPSA) is 49.3 Å². The van der Waals surface area contributed by atoms with E-state index in [1.165, 1.54) is 18.2 Å². The maximum absolute atomic E-state index is 12.8. The smallest absolute Gasteiger partial charge is 0.417 e. The van der Waals surface area contributed by atoms with E-state index >= 15 is 0 Å². The lowest BCUT2D eigenvalue weighted by Gasteiger charge is -2.12. The van der Waals surface area contributed by atoms with Crippen LogP contribution in [-0.4, -0.2) is 11.0 Å². The lowest BCUT2D eigenvalue weighted by atomic mass is 10.1. The second-order valence-electron chi connectivity index (χ2n) is 4.62. The normalized spacial score (nSPS) is 11.3. The van der Waals surface area contributed by atoms with E-state index in [1.807, 2.05) is 0 Å². The van der Waals surface area contributed by atoms with Gasteiger partial charge in [-0.15, -0.1) is 0 Å². The molecule has 0 radical (unpaired) electrons. The SMILES string of the molecule is Cc1ccc(NC(=O)c2cccc(C(F)(F)F)c2Cl)cc1O. The third kappa shape index (κ3) is 3.33. The minimum Gasteiger partial charge on any atom is -0.508 e. The Kier molecular flexibility index (Phi) is 4.32. The molecule has 0 aromatic heterocycles. The Bertz CT molecular complexity index is 729. The highest BCUT2D eigenvalue weighted by Crippen LogP contribution is 2.36. The average Bonchev–Trinajstić information content (AvgIpc) is 2.41. The number of phenols is 1. The summed E-state index contributed by atoms with van der Waals surface area (Å²) in [5.41, 5.74) is -0.512. The molecule has 0 atom stereocenters. The van der Waals surface area contributed by atoms with Gasteiger partial charge < -0.3 is 10.4 Å². The van der Waals surface area contributed by atoms with Gasteiger partial charge in [0.25, 0.3) is 5.91 Å². The van der Waals surface area contributed by atoms with Crippen molar-refractivity contribution in [2.45, 2.75) is 13.1 Å². The number of hydrogen-bond donors (Lipinski definition) is 2. The number of aromatic hydroxyl groups is 1. The summed E-state index contributed by atoms with van der Waals surface area (Å²) in [5.74, 6) is -0.827. The summed E-state index contributed by atoms with van der Waals surface area (Å²) in [6, 6.07) is 7.50. The van der Waals surface area contributed by atoms with E-state index in [4.69, 9.17) is 11.6 Å². The molecule has 2 N–H and O–H groups in total. The van der Waals surface area contributed by atoms with Crippen molar-refractivity contribution in [2.75, 3.05) is 5.32 Å². The molecule has 22 heavy (non-hydrogen) atoms. The second kappa shape index (κ2) is 5.88. The van der Waals surface area contributed by atoms with Gasteiger partial charge in [0.05, 0.1) is 16.1 Å². The molecule has 1 amide bonds. The first-order valence-electron chi connectivity index (χ1n) is 6.17. The van der Waals surface area contributed by atoms with E-state index < -0.39 is 22.7 Å². The molecule has 2 rings (SSSR count). The van der Waals surface area contributed by atoms with Gasteiger partial charge in [0.1, 0.15) is 5.75 Å². The molecule has 0 aliphatic carbocycles. The molecule has 7 heteroatoms. The van der Waals surface area contributed by atoms with Crippen LogP contribution in [0.1, 0.15) is 21.5 Å². The van der Waals surface area contributed by atoms with E-state index in [1.54, 1.807) is 13.0 Å². The van der Waals surface area contributed by atoms with E-state index in [0.717, 1.165) is 12.1 Å². The van der Waals surface area contributed by atoms with E-state index in [9.17, 15) is 23.1 Å². The maximum Gasteiger partial charge on any atom is 0.417 e. The molecule has 0 aliphatic heterocycles. The van der Waals surface area contributed by atoms with Crippen LogP contribution in [0.3, 0.4) is 0 Å². The van der Waals surface area contributed by atoms with Gasteiger partial charge in [0.2, 0.25) is 0 Å². The molecule has 0 unspecified atom stereocenters. The van der Waals surface area contributed by atoms with Crippen molar-refractivity contribution in [1.29, 1.82) is 0 Å². The van der Waals surface area contributed by atoms with Crippen molar-refractivity contribution >= 4 is 23.2 Å². The Morgan fingerprint density at radius 3 is 2.50 bits per heavy atom. The number of carbonyl (C=O) groups is 1. The number of hydrogen-bond acceptors (Lipinski definition) is 2. The highest BCUT2D eigenvalue weighted by atomic mass is 35.5. The van der Waals surface area contributed by atoms with Gasteiger partial charge in [-0.2, -0.15) is 13.2 Å². The van der Waals surface area contributed by atoms with Gasteiger partial charge in [0.15, 0.2) is 0 Å². The van der Waals surface area contributed by atoms with Crippen molar-refractivity contribution in [3.05, 3.63) is 58.1 Å². The number of carbonyl (C=O) groups excluding carboxylic acids is 1. The van der Waals surface area contributed by atoms with Crippen LogP contribution in [0.2, 0.25) is 5.02 Å². The fourth-order valence-electron chi connectivity index (χ4n) is 1.81. The predicted octanol–water partition coefficient (Wildman–Crippen LogP) is 4.63. The number of alkyl halides is 3. The predicted molar refractivity (Wildman–Crippen MR) is 77.3 cm³/mol. The van der Waals surface area contributed by atoms with Gasteiger partial charge in [-0.1, -0.05) is 23.7 Å². The number of phenolic OH excluding ortho intramolecular Hbond substituents is 1. The number of aryl methyl sites for hydroxylation is 1. The third-order valence-corrected chi connectivity index (χ3v) is 3.42. The Balaban J connectivity index is 2.32.